The molecule has 5 heteroatoms. The molecule has 1 fully saturated rings. The van der Waals surface area contributed by atoms with Gasteiger partial charge in [-0.05, 0) is 62.8 Å². The summed E-state index contributed by atoms with van der Waals surface area (Å²) in [4.78, 5) is 26.3. The molecule has 134 valence electrons. The first-order valence-electron chi connectivity index (χ1n) is 9.19. The van der Waals surface area contributed by atoms with E-state index in [9.17, 15) is 9.59 Å². The average Bonchev–Trinajstić information content (AvgIpc) is 2.68. The van der Waals surface area contributed by atoms with Gasteiger partial charge in [0.1, 0.15) is 0 Å². The number of nitrogens with zero attached hydrogens (tertiary/aromatic N) is 1. The number of rotatable bonds is 5. The summed E-state index contributed by atoms with van der Waals surface area (Å²) in [6, 6.07) is 7.85. The lowest BCUT2D eigenvalue weighted by atomic mass is 9.95. The molecule has 0 saturated carbocycles. The van der Waals surface area contributed by atoms with Crippen LogP contribution in [0.3, 0.4) is 0 Å². The van der Waals surface area contributed by atoms with Gasteiger partial charge in [0.25, 0.3) is 5.91 Å². The van der Waals surface area contributed by atoms with Crippen molar-refractivity contribution in [3.05, 3.63) is 36.4 Å². The third-order valence-electron chi connectivity index (χ3n) is 4.82. The van der Waals surface area contributed by atoms with Crippen molar-refractivity contribution < 1.29 is 14.3 Å². The van der Waals surface area contributed by atoms with Crippen LogP contribution >= 0.6 is 0 Å². The van der Waals surface area contributed by atoms with E-state index in [4.69, 9.17) is 4.74 Å². The Balaban J connectivity index is 1.44. The van der Waals surface area contributed by atoms with E-state index in [0.717, 1.165) is 31.6 Å². The van der Waals surface area contributed by atoms with Gasteiger partial charge in [-0.15, -0.1) is 0 Å². The maximum absolute atomic E-state index is 12.0. The van der Waals surface area contributed by atoms with E-state index in [2.05, 4.69) is 16.3 Å². The predicted octanol–water partition coefficient (Wildman–Crippen LogP) is 3.51. The molecule has 5 nitrogen and oxygen atoms in total. The number of amides is 1. The molecule has 0 bridgehead atoms. The lowest BCUT2D eigenvalue weighted by molar-refractivity contribution is -0.151. The minimum atomic E-state index is -0.301. The van der Waals surface area contributed by atoms with Crippen LogP contribution in [0.5, 0.6) is 0 Å². The van der Waals surface area contributed by atoms with Crippen LogP contribution in [0.2, 0.25) is 0 Å². The van der Waals surface area contributed by atoms with Crippen LogP contribution in [0.1, 0.15) is 38.5 Å². The van der Waals surface area contributed by atoms with E-state index >= 15 is 0 Å². The lowest BCUT2D eigenvalue weighted by Crippen LogP contribution is -2.29. The van der Waals surface area contributed by atoms with Crippen molar-refractivity contribution in [2.45, 2.75) is 38.5 Å². The van der Waals surface area contributed by atoms with Crippen LogP contribution in [0.25, 0.3) is 0 Å². The predicted molar refractivity (Wildman–Crippen MR) is 98.6 cm³/mol. The Morgan fingerprint density at radius 2 is 1.84 bits per heavy atom. The monoisotopic (exact) mass is 342 g/mol. The number of allylic oxidation sites excluding steroid dienone is 2. The number of piperidine rings is 1. The van der Waals surface area contributed by atoms with Crippen LogP contribution < -0.4 is 10.2 Å². The molecule has 0 spiro atoms. The number of ether oxygens (including phenoxy) is 1. The highest BCUT2D eigenvalue weighted by Gasteiger charge is 2.21. The Bertz CT molecular complexity index is 618. The van der Waals surface area contributed by atoms with Crippen LogP contribution in [-0.4, -0.2) is 31.6 Å². The number of hydrogen-bond acceptors (Lipinski definition) is 4. The second-order valence-corrected chi connectivity index (χ2v) is 6.73. The van der Waals surface area contributed by atoms with Crippen molar-refractivity contribution in [1.82, 2.24) is 0 Å². The first-order valence-corrected chi connectivity index (χ1v) is 9.19. The molecule has 1 heterocycles. The molecule has 2 aliphatic rings. The van der Waals surface area contributed by atoms with Gasteiger partial charge in [-0.3, -0.25) is 9.59 Å². The molecule has 1 saturated heterocycles. The van der Waals surface area contributed by atoms with E-state index in [1.165, 1.54) is 24.9 Å². The smallest absolute Gasteiger partial charge is 0.309 e. The summed E-state index contributed by atoms with van der Waals surface area (Å²) in [7, 11) is 0. The van der Waals surface area contributed by atoms with Gasteiger partial charge in [-0.25, -0.2) is 0 Å². The largest absolute Gasteiger partial charge is 0.455 e. The average molecular weight is 342 g/mol. The number of carbonyl (C=O) groups is 2. The second kappa shape index (κ2) is 8.70. The minimum absolute atomic E-state index is 0.110. The lowest BCUT2D eigenvalue weighted by Gasteiger charge is -2.28. The van der Waals surface area contributed by atoms with Gasteiger partial charge in [-0.2, -0.15) is 0 Å². The Morgan fingerprint density at radius 3 is 2.52 bits per heavy atom. The highest BCUT2D eigenvalue weighted by Crippen LogP contribution is 2.22. The van der Waals surface area contributed by atoms with E-state index in [0.29, 0.717) is 6.42 Å². The Labute approximate surface area is 149 Å². The normalized spacial score (nSPS) is 20.2. The number of nitrogens with one attached hydrogen (secondary N) is 1. The number of carbonyl (C=O) groups excluding carboxylic acids is 2. The van der Waals surface area contributed by atoms with Crippen molar-refractivity contribution in [3.8, 4) is 0 Å². The van der Waals surface area contributed by atoms with Crippen molar-refractivity contribution in [1.29, 1.82) is 0 Å². The number of anilines is 2. The van der Waals surface area contributed by atoms with Crippen molar-refractivity contribution in [2.75, 3.05) is 29.9 Å². The second-order valence-electron chi connectivity index (χ2n) is 6.73. The highest BCUT2D eigenvalue weighted by atomic mass is 16.5. The maximum atomic E-state index is 12.0. The summed E-state index contributed by atoms with van der Waals surface area (Å²) in [6.07, 6.45) is 10.3. The van der Waals surface area contributed by atoms with Crippen LogP contribution in [0, 0.1) is 5.92 Å². The number of hydrogen-bond donors (Lipinski definition) is 1. The molecule has 25 heavy (non-hydrogen) atoms. The molecule has 1 aliphatic carbocycles. The summed E-state index contributed by atoms with van der Waals surface area (Å²) in [6.45, 7) is 1.96. The first kappa shape index (κ1) is 17.5. The molecular weight excluding hydrogens is 316 g/mol. The van der Waals surface area contributed by atoms with E-state index in [-0.39, 0.29) is 24.4 Å². The zero-order chi connectivity index (χ0) is 17.5. The molecular formula is C20H26N2O3. The number of benzene rings is 1. The maximum Gasteiger partial charge on any atom is 0.309 e. The fraction of sp³-hybridized carbons (Fsp3) is 0.500. The topological polar surface area (TPSA) is 58.6 Å². The third-order valence-corrected chi connectivity index (χ3v) is 4.82. The van der Waals surface area contributed by atoms with Gasteiger partial charge in [0.15, 0.2) is 6.61 Å². The molecule has 1 aromatic rings. The third kappa shape index (κ3) is 5.08. The Hall–Kier alpha value is -2.30. The molecule has 1 amide bonds. The van der Waals surface area contributed by atoms with Gasteiger partial charge < -0.3 is 15.0 Å². The van der Waals surface area contributed by atoms with Gasteiger partial charge in [0, 0.05) is 24.5 Å². The van der Waals surface area contributed by atoms with Crippen LogP contribution in [0.15, 0.2) is 36.4 Å². The molecule has 1 aliphatic heterocycles. The fourth-order valence-electron chi connectivity index (χ4n) is 3.37. The molecule has 0 radical (unpaired) electrons. The zero-order valence-corrected chi connectivity index (χ0v) is 14.6. The summed E-state index contributed by atoms with van der Waals surface area (Å²) in [5.74, 6) is -0.688. The summed E-state index contributed by atoms with van der Waals surface area (Å²) in [5, 5.41) is 2.78. The fourth-order valence-corrected chi connectivity index (χ4v) is 3.37. The summed E-state index contributed by atoms with van der Waals surface area (Å²) >= 11 is 0. The van der Waals surface area contributed by atoms with Crippen molar-refractivity contribution >= 4 is 23.3 Å². The molecule has 1 atom stereocenters. The highest BCUT2D eigenvalue weighted by molar-refractivity contribution is 5.93. The quantitative estimate of drug-likeness (QED) is 0.657. The zero-order valence-electron chi connectivity index (χ0n) is 14.6. The first-order chi connectivity index (χ1) is 12.2. The molecule has 1 N–H and O–H groups in total. The Kier molecular flexibility index (Phi) is 6.09. The Morgan fingerprint density at radius 1 is 1.08 bits per heavy atom. The SMILES string of the molecule is O=C(COC(=O)[C@H]1CC=CCC1)Nc1ccc(N2CCCCC2)cc1. The van der Waals surface area contributed by atoms with Crippen molar-refractivity contribution in [3.63, 3.8) is 0 Å². The molecule has 0 aromatic heterocycles. The van der Waals surface area contributed by atoms with Gasteiger partial charge in [0.05, 0.1) is 5.92 Å². The van der Waals surface area contributed by atoms with Gasteiger partial charge >= 0.3 is 5.97 Å². The van der Waals surface area contributed by atoms with E-state index in [1.807, 2.05) is 30.3 Å². The van der Waals surface area contributed by atoms with E-state index < -0.39 is 0 Å². The van der Waals surface area contributed by atoms with Crippen molar-refractivity contribution in [2.24, 2.45) is 5.92 Å². The molecule has 1 aromatic carbocycles. The standard InChI is InChI=1S/C20H26N2O3/c23-19(15-25-20(24)16-7-3-1-4-8-16)21-17-9-11-18(12-10-17)22-13-5-2-6-14-22/h1,3,9-12,16H,2,4-8,13-15H2,(H,21,23)/t16-/m0/s1. The van der Waals surface area contributed by atoms with Crippen LogP contribution in [-0.2, 0) is 14.3 Å². The van der Waals surface area contributed by atoms with E-state index in [1.54, 1.807) is 0 Å². The van der Waals surface area contributed by atoms with Gasteiger partial charge in [0.2, 0.25) is 0 Å². The summed E-state index contributed by atoms with van der Waals surface area (Å²) < 4.78 is 5.14. The molecule has 0 unspecified atom stereocenters. The molecule has 3 rings (SSSR count). The number of esters is 1. The van der Waals surface area contributed by atoms with Gasteiger partial charge in [-0.1, -0.05) is 12.2 Å². The minimum Gasteiger partial charge on any atom is -0.455 e. The summed E-state index contributed by atoms with van der Waals surface area (Å²) in [5.41, 5.74) is 1.91. The van der Waals surface area contributed by atoms with Crippen LogP contribution in [0.4, 0.5) is 11.4 Å².